The van der Waals surface area contributed by atoms with Gasteiger partial charge in [-0.2, -0.15) is 4.31 Å². The molecule has 1 fully saturated rings. The maximum atomic E-state index is 12.2. The number of rotatable bonds is 7. The van der Waals surface area contributed by atoms with Crippen molar-refractivity contribution >= 4 is 10.0 Å². The van der Waals surface area contributed by atoms with Crippen LogP contribution in [0.5, 0.6) is 0 Å². The highest BCUT2D eigenvalue weighted by molar-refractivity contribution is 7.89. The molecule has 0 bridgehead atoms. The molecule has 2 N–H and O–H groups in total. The highest BCUT2D eigenvalue weighted by Gasteiger charge is 2.26. The Hall–Kier alpha value is -0.170. The Kier molecular flexibility index (Phi) is 6.40. The van der Waals surface area contributed by atoms with Crippen LogP contribution in [0.15, 0.2) is 0 Å². The Morgan fingerprint density at radius 3 is 2.65 bits per heavy atom. The summed E-state index contributed by atoms with van der Waals surface area (Å²) in [5.41, 5.74) is 0. The summed E-state index contributed by atoms with van der Waals surface area (Å²) in [5, 5.41) is 12.2. The first-order chi connectivity index (χ1) is 8.10. The van der Waals surface area contributed by atoms with E-state index in [9.17, 15) is 8.42 Å². The van der Waals surface area contributed by atoms with Gasteiger partial charge in [0.15, 0.2) is 0 Å². The lowest BCUT2D eigenvalue weighted by atomic mass is 10.1. The summed E-state index contributed by atoms with van der Waals surface area (Å²) in [6.45, 7) is 3.45. The molecule has 1 unspecified atom stereocenters. The SMILES string of the molecule is CCCN(CCO)S(=O)(=O)CC1CCCCN1. The molecule has 0 aromatic carbocycles. The zero-order chi connectivity index (χ0) is 12.7. The Bertz CT molecular complexity index is 294. The fraction of sp³-hybridized carbons (Fsp3) is 1.00. The fourth-order valence-corrected chi connectivity index (χ4v) is 4.00. The lowest BCUT2D eigenvalue weighted by Crippen LogP contribution is -2.45. The monoisotopic (exact) mass is 264 g/mol. The molecule has 1 rings (SSSR count). The van der Waals surface area contributed by atoms with Crippen LogP contribution in [0.1, 0.15) is 32.6 Å². The molecular weight excluding hydrogens is 240 g/mol. The molecule has 0 amide bonds. The number of sulfonamides is 1. The Balaban J connectivity index is 2.56. The van der Waals surface area contributed by atoms with E-state index < -0.39 is 10.0 Å². The molecule has 6 heteroatoms. The van der Waals surface area contributed by atoms with Gasteiger partial charge in [-0.05, 0) is 25.8 Å². The van der Waals surface area contributed by atoms with Crippen LogP contribution in [0, 0.1) is 0 Å². The molecule has 0 aliphatic carbocycles. The van der Waals surface area contributed by atoms with E-state index in [2.05, 4.69) is 5.32 Å². The van der Waals surface area contributed by atoms with E-state index in [-0.39, 0.29) is 24.9 Å². The van der Waals surface area contributed by atoms with Crippen molar-refractivity contribution in [2.24, 2.45) is 0 Å². The third-order valence-electron chi connectivity index (χ3n) is 3.04. The lowest BCUT2D eigenvalue weighted by molar-refractivity contribution is 0.253. The highest BCUT2D eigenvalue weighted by atomic mass is 32.2. The van der Waals surface area contributed by atoms with Gasteiger partial charge in [0.1, 0.15) is 0 Å². The number of nitrogens with one attached hydrogen (secondary N) is 1. The average molecular weight is 264 g/mol. The third kappa shape index (κ3) is 4.91. The molecule has 0 saturated carbocycles. The van der Waals surface area contributed by atoms with Gasteiger partial charge in [-0.25, -0.2) is 8.42 Å². The van der Waals surface area contributed by atoms with Crippen LogP contribution in [-0.2, 0) is 10.0 Å². The van der Waals surface area contributed by atoms with E-state index >= 15 is 0 Å². The van der Waals surface area contributed by atoms with Crippen molar-refractivity contribution in [1.29, 1.82) is 0 Å². The maximum absolute atomic E-state index is 12.2. The summed E-state index contributed by atoms with van der Waals surface area (Å²) in [4.78, 5) is 0. The molecule has 1 atom stereocenters. The molecule has 1 aliphatic rings. The molecule has 0 spiro atoms. The van der Waals surface area contributed by atoms with E-state index in [1.165, 1.54) is 4.31 Å². The van der Waals surface area contributed by atoms with Crippen LogP contribution in [-0.4, -0.2) is 55.9 Å². The average Bonchev–Trinajstić information content (AvgIpc) is 2.29. The van der Waals surface area contributed by atoms with Crippen LogP contribution >= 0.6 is 0 Å². The van der Waals surface area contributed by atoms with Crippen molar-refractivity contribution in [3.8, 4) is 0 Å². The second-order valence-electron chi connectivity index (χ2n) is 4.55. The molecule has 0 radical (unpaired) electrons. The smallest absolute Gasteiger partial charge is 0.215 e. The van der Waals surface area contributed by atoms with Crippen LogP contribution in [0.2, 0.25) is 0 Å². The van der Waals surface area contributed by atoms with E-state index in [0.717, 1.165) is 32.2 Å². The van der Waals surface area contributed by atoms with Gasteiger partial charge in [-0.1, -0.05) is 13.3 Å². The third-order valence-corrected chi connectivity index (χ3v) is 5.02. The number of piperidine rings is 1. The van der Waals surface area contributed by atoms with Gasteiger partial charge in [0, 0.05) is 19.1 Å². The van der Waals surface area contributed by atoms with Crippen LogP contribution < -0.4 is 5.32 Å². The van der Waals surface area contributed by atoms with Crippen molar-refractivity contribution in [3.05, 3.63) is 0 Å². The molecule has 102 valence electrons. The lowest BCUT2D eigenvalue weighted by Gasteiger charge is -2.27. The Morgan fingerprint density at radius 1 is 1.35 bits per heavy atom. The van der Waals surface area contributed by atoms with Gasteiger partial charge in [-0.15, -0.1) is 0 Å². The first-order valence-electron chi connectivity index (χ1n) is 6.42. The number of aliphatic hydroxyl groups is 1. The van der Waals surface area contributed by atoms with E-state index in [4.69, 9.17) is 5.11 Å². The van der Waals surface area contributed by atoms with Crippen LogP contribution in [0.3, 0.4) is 0 Å². The van der Waals surface area contributed by atoms with Gasteiger partial charge >= 0.3 is 0 Å². The minimum atomic E-state index is -3.24. The van der Waals surface area contributed by atoms with E-state index in [1.54, 1.807) is 0 Å². The van der Waals surface area contributed by atoms with Gasteiger partial charge in [0.25, 0.3) is 0 Å². The largest absolute Gasteiger partial charge is 0.395 e. The molecule has 5 nitrogen and oxygen atoms in total. The number of hydrogen-bond donors (Lipinski definition) is 2. The van der Waals surface area contributed by atoms with E-state index in [1.807, 2.05) is 6.92 Å². The molecule has 1 heterocycles. The maximum Gasteiger partial charge on any atom is 0.215 e. The minimum absolute atomic E-state index is 0.0757. The molecular formula is C11H24N2O3S. The van der Waals surface area contributed by atoms with Gasteiger partial charge in [0.05, 0.1) is 12.4 Å². The molecule has 1 saturated heterocycles. The molecule has 0 aromatic rings. The predicted octanol–water partition coefficient (Wildman–Crippen LogP) is 0.163. The molecule has 0 aromatic heterocycles. The zero-order valence-corrected chi connectivity index (χ0v) is 11.4. The van der Waals surface area contributed by atoms with Crippen molar-refractivity contribution in [1.82, 2.24) is 9.62 Å². The van der Waals surface area contributed by atoms with Crippen LogP contribution in [0.4, 0.5) is 0 Å². The standard InChI is InChI=1S/C11H24N2O3S/c1-2-7-13(8-9-14)17(15,16)10-11-5-3-4-6-12-11/h11-12,14H,2-10H2,1H3. The first-order valence-corrected chi connectivity index (χ1v) is 8.03. The normalized spacial score (nSPS) is 21.9. The van der Waals surface area contributed by atoms with Crippen molar-refractivity contribution < 1.29 is 13.5 Å². The second-order valence-corrected chi connectivity index (χ2v) is 6.56. The Morgan fingerprint density at radius 2 is 2.12 bits per heavy atom. The molecule has 1 aliphatic heterocycles. The van der Waals surface area contributed by atoms with Gasteiger partial charge < -0.3 is 10.4 Å². The van der Waals surface area contributed by atoms with Crippen LogP contribution in [0.25, 0.3) is 0 Å². The zero-order valence-electron chi connectivity index (χ0n) is 10.6. The molecule has 17 heavy (non-hydrogen) atoms. The number of hydrogen-bond acceptors (Lipinski definition) is 4. The summed E-state index contributed by atoms with van der Waals surface area (Å²) in [6, 6.07) is 0.0757. The van der Waals surface area contributed by atoms with Crippen molar-refractivity contribution in [3.63, 3.8) is 0 Å². The van der Waals surface area contributed by atoms with Crippen molar-refractivity contribution in [2.75, 3.05) is 32.0 Å². The van der Waals surface area contributed by atoms with E-state index in [0.29, 0.717) is 6.54 Å². The topological polar surface area (TPSA) is 69.6 Å². The summed E-state index contributed by atoms with van der Waals surface area (Å²) >= 11 is 0. The number of nitrogens with zero attached hydrogens (tertiary/aromatic N) is 1. The number of aliphatic hydroxyl groups excluding tert-OH is 1. The highest BCUT2D eigenvalue weighted by Crippen LogP contribution is 2.12. The fourth-order valence-electron chi connectivity index (χ4n) is 2.18. The quantitative estimate of drug-likeness (QED) is 0.687. The summed E-state index contributed by atoms with van der Waals surface area (Å²) in [6.07, 6.45) is 3.93. The Labute approximate surface area is 104 Å². The van der Waals surface area contributed by atoms with Gasteiger partial charge in [0.2, 0.25) is 10.0 Å². The summed E-state index contributed by atoms with van der Waals surface area (Å²) in [5.74, 6) is 0.160. The van der Waals surface area contributed by atoms with Gasteiger partial charge in [-0.3, -0.25) is 0 Å². The summed E-state index contributed by atoms with van der Waals surface area (Å²) in [7, 11) is -3.24. The summed E-state index contributed by atoms with van der Waals surface area (Å²) < 4.78 is 25.7. The first kappa shape index (κ1) is 14.9. The minimum Gasteiger partial charge on any atom is -0.395 e. The van der Waals surface area contributed by atoms with Crippen molar-refractivity contribution in [2.45, 2.75) is 38.6 Å². The second kappa shape index (κ2) is 7.31. The predicted molar refractivity (Wildman–Crippen MR) is 68.4 cm³/mol.